The van der Waals surface area contributed by atoms with Gasteiger partial charge >= 0.3 is 0 Å². The van der Waals surface area contributed by atoms with Crippen LogP contribution in [0.5, 0.6) is 0 Å². The number of hydrogen-bond donors (Lipinski definition) is 0. The van der Waals surface area contributed by atoms with Crippen molar-refractivity contribution in [2.24, 2.45) is 10.9 Å². The fraction of sp³-hybridized carbons (Fsp3) is 0.318. The number of aromatic nitrogens is 1. The van der Waals surface area contributed by atoms with Gasteiger partial charge in [0.2, 0.25) is 0 Å². The zero-order valence-electron chi connectivity index (χ0n) is 16.7. The second kappa shape index (κ2) is 8.52. The topological polar surface area (TPSA) is 60.4 Å². The summed E-state index contributed by atoms with van der Waals surface area (Å²) in [6.45, 7) is 9.42. The van der Waals surface area contributed by atoms with Crippen LogP contribution in [0.15, 0.2) is 52.8 Å². The molecule has 0 aliphatic heterocycles. The maximum absolute atomic E-state index is 10.9. The summed E-state index contributed by atoms with van der Waals surface area (Å²) in [5, 5.41) is 13.0. The molecule has 1 heterocycles. The van der Waals surface area contributed by atoms with Crippen molar-refractivity contribution >= 4 is 22.7 Å². The lowest BCUT2D eigenvalue weighted by molar-refractivity contribution is -0.384. The predicted octanol–water partition coefficient (Wildman–Crippen LogP) is 6.02. The molecule has 3 aromatic rings. The van der Waals surface area contributed by atoms with Gasteiger partial charge in [0.05, 0.1) is 16.3 Å². The summed E-state index contributed by atoms with van der Waals surface area (Å²) in [5.41, 5.74) is 5.43. The fourth-order valence-electron chi connectivity index (χ4n) is 2.95. The molecule has 0 saturated heterocycles. The van der Waals surface area contributed by atoms with Gasteiger partial charge in [-0.1, -0.05) is 26.0 Å². The largest absolute Gasteiger partial charge is 0.316 e. The number of benzene rings is 2. The van der Waals surface area contributed by atoms with Crippen molar-refractivity contribution in [3.63, 3.8) is 0 Å². The van der Waals surface area contributed by atoms with Gasteiger partial charge in [0, 0.05) is 24.1 Å². The Morgan fingerprint density at radius 2 is 1.86 bits per heavy atom. The molecule has 0 aliphatic rings. The summed E-state index contributed by atoms with van der Waals surface area (Å²) in [6, 6.07) is 13.0. The van der Waals surface area contributed by atoms with Gasteiger partial charge < -0.3 is 4.57 Å². The average Bonchev–Trinajstić information content (AvgIpc) is 3.05. The summed E-state index contributed by atoms with van der Waals surface area (Å²) in [5.74, 6) is 0.575. The zero-order valence-corrected chi connectivity index (χ0v) is 17.5. The smallest absolute Gasteiger partial charge is 0.269 e. The van der Waals surface area contributed by atoms with Gasteiger partial charge in [0.15, 0.2) is 4.80 Å². The van der Waals surface area contributed by atoms with Gasteiger partial charge in [-0.15, -0.1) is 11.3 Å². The minimum absolute atomic E-state index is 0.105. The SMILES string of the molecule is Cc1ccc(C)c(N=c2scc(-c3ccc([N+](=O)[O-])cc3)n2CCC(C)C)c1. The molecule has 28 heavy (non-hydrogen) atoms. The van der Waals surface area contributed by atoms with Crippen molar-refractivity contribution in [1.29, 1.82) is 0 Å². The minimum Gasteiger partial charge on any atom is -0.316 e. The Balaban J connectivity index is 2.10. The molecule has 0 aliphatic carbocycles. The molecule has 0 saturated carbocycles. The van der Waals surface area contributed by atoms with E-state index < -0.39 is 0 Å². The van der Waals surface area contributed by atoms with E-state index in [0.29, 0.717) is 5.92 Å². The molecule has 0 radical (unpaired) electrons. The lowest BCUT2D eigenvalue weighted by atomic mass is 10.1. The number of rotatable bonds is 6. The van der Waals surface area contributed by atoms with Gasteiger partial charge in [-0.3, -0.25) is 10.1 Å². The second-order valence-electron chi connectivity index (χ2n) is 7.44. The number of nitro groups is 1. The quantitative estimate of drug-likeness (QED) is 0.378. The molecular formula is C22H25N3O2S. The molecule has 1 aromatic heterocycles. The lowest BCUT2D eigenvalue weighted by Crippen LogP contribution is -2.17. The van der Waals surface area contributed by atoms with Crippen molar-refractivity contribution in [2.75, 3.05) is 0 Å². The molecule has 0 atom stereocenters. The number of thiazole rings is 1. The van der Waals surface area contributed by atoms with Gasteiger partial charge in [0.25, 0.3) is 5.69 Å². The first-order valence-corrected chi connectivity index (χ1v) is 10.3. The molecule has 3 rings (SSSR count). The zero-order chi connectivity index (χ0) is 20.3. The highest BCUT2D eigenvalue weighted by atomic mass is 32.1. The van der Waals surface area contributed by atoms with Crippen LogP contribution in [0.25, 0.3) is 11.3 Å². The van der Waals surface area contributed by atoms with Crippen LogP contribution < -0.4 is 4.80 Å². The second-order valence-corrected chi connectivity index (χ2v) is 8.28. The monoisotopic (exact) mass is 395 g/mol. The van der Waals surface area contributed by atoms with Crippen molar-refractivity contribution in [3.05, 3.63) is 73.9 Å². The summed E-state index contributed by atoms with van der Waals surface area (Å²) in [4.78, 5) is 16.5. The molecule has 0 bridgehead atoms. The highest BCUT2D eigenvalue weighted by Crippen LogP contribution is 2.25. The third-order valence-corrected chi connectivity index (χ3v) is 5.55. The molecule has 6 heteroatoms. The van der Waals surface area contributed by atoms with Crippen LogP contribution in [0.3, 0.4) is 0 Å². The Labute approximate surface area is 169 Å². The van der Waals surface area contributed by atoms with Crippen LogP contribution in [0, 0.1) is 29.9 Å². The van der Waals surface area contributed by atoms with Gasteiger partial charge in [-0.2, -0.15) is 0 Å². The highest BCUT2D eigenvalue weighted by molar-refractivity contribution is 7.07. The summed E-state index contributed by atoms with van der Waals surface area (Å²) in [6.07, 6.45) is 1.04. The van der Waals surface area contributed by atoms with E-state index in [4.69, 9.17) is 4.99 Å². The molecule has 5 nitrogen and oxygen atoms in total. The van der Waals surface area contributed by atoms with Crippen LogP contribution in [-0.2, 0) is 6.54 Å². The minimum atomic E-state index is -0.370. The van der Waals surface area contributed by atoms with Gasteiger partial charge in [-0.25, -0.2) is 4.99 Å². The molecule has 0 spiro atoms. The molecule has 2 aromatic carbocycles. The van der Waals surface area contributed by atoms with E-state index in [-0.39, 0.29) is 10.6 Å². The maximum atomic E-state index is 10.9. The lowest BCUT2D eigenvalue weighted by Gasteiger charge is -2.11. The summed E-state index contributed by atoms with van der Waals surface area (Å²) >= 11 is 1.60. The number of non-ortho nitro benzene ring substituents is 1. The molecular weight excluding hydrogens is 370 g/mol. The van der Waals surface area contributed by atoms with E-state index in [1.807, 2.05) is 12.1 Å². The first-order chi connectivity index (χ1) is 13.3. The predicted molar refractivity (Wildman–Crippen MR) is 115 cm³/mol. The van der Waals surface area contributed by atoms with Crippen molar-refractivity contribution < 1.29 is 4.92 Å². The normalized spacial score (nSPS) is 12.0. The Kier molecular flexibility index (Phi) is 6.09. The van der Waals surface area contributed by atoms with Gasteiger partial charge in [0.1, 0.15) is 0 Å². The first kappa shape index (κ1) is 20.0. The Morgan fingerprint density at radius 1 is 1.14 bits per heavy atom. The van der Waals surface area contributed by atoms with Crippen molar-refractivity contribution in [2.45, 2.75) is 40.7 Å². The van der Waals surface area contributed by atoms with E-state index in [9.17, 15) is 10.1 Å². The third-order valence-electron chi connectivity index (χ3n) is 4.68. The van der Waals surface area contributed by atoms with Crippen LogP contribution in [0.2, 0.25) is 0 Å². The summed E-state index contributed by atoms with van der Waals surface area (Å²) in [7, 11) is 0. The molecule has 0 unspecified atom stereocenters. The average molecular weight is 396 g/mol. The highest BCUT2D eigenvalue weighted by Gasteiger charge is 2.11. The van der Waals surface area contributed by atoms with Crippen LogP contribution >= 0.6 is 11.3 Å². The Morgan fingerprint density at radius 3 is 2.50 bits per heavy atom. The van der Waals surface area contributed by atoms with Crippen molar-refractivity contribution in [1.82, 2.24) is 4.57 Å². The van der Waals surface area contributed by atoms with E-state index in [0.717, 1.165) is 40.3 Å². The van der Waals surface area contributed by atoms with Crippen LogP contribution in [0.1, 0.15) is 31.4 Å². The molecule has 0 fully saturated rings. The van der Waals surface area contributed by atoms with Crippen LogP contribution in [0.4, 0.5) is 11.4 Å². The number of nitrogens with zero attached hydrogens (tertiary/aromatic N) is 3. The number of hydrogen-bond acceptors (Lipinski definition) is 4. The van der Waals surface area contributed by atoms with Crippen LogP contribution in [-0.4, -0.2) is 9.49 Å². The molecule has 0 amide bonds. The third kappa shape index (κ3) is 4.57. The summed E-state index contributed by atoms with van der Waals surface area (Å²) < 4.78 is 2.23. The van der Waals surface area contributed by atoms with E-state index >= 15 is 0 Å². The Hall–Kier alpha value is -2.73. The maximum Gasteiger partial charge on any atom is 0.269 e. The first-order valence-electron chi connectivity index (χ1n) is 9.40. The van der Waals surface area contributed by atoms with E-state index in [1.54, 1.807) is 23.5 Å². The fourth-order valence-corrected chi connectivity index (χ4v) is 3.90. The van der Waals surface area contributed by atoms with E-state index in [2.05, 4.69) is 55.8 Å². The van der Waals surface area contributed by atoms with E-state index in [1.165, 1.54) is 5.56 Å². The number of aryl methyl sites for hydroxylation is 2. The van der Waals surface area contributed by atoms with Crippen molar-refractivity contribution in [3.8, 4) is 11.3 Å². The Bertz CT molecular complexity index is 1050. The number of nitro benzene ring substituents is 1. The van der Waals surface area contributed by atoms with Gasteiger partial charge in [-0.05, 0) is 61.1 Å². The molecule has 0 N–H and O–H groups in total. The molecule has 146 valence electrons. The standard InChI is InChI=1S/C22H25N3O2S/c1-15(2)11-12-24-21(18-7-9-19(10-8-18)25(26)27)14-28-22(24)23-20-13-16(3)5-6-17(20)4/h5-10,13-15H,11-12H2,1-4H3.